The van der Waals surface area contributed by atoms with Gasteiger partial charge in [-0.15, -0.1) is 0 Å². The maximum Gasteiger partial charge on any atom is 0.339 e. The largest absolute Gasteiger partial charge is 0.447 e. The molecule has 1 saturated heterocycles. The molecule has 1 aromatic rings. The minimum Gasteiger partial charge on any atom is -0.447 e. The first-order valence-corrected chi connectivity index (χ1v) is 7.64. The summed E-state index contributed by atoms with van der Waals surface area (Å²) >= 11 is 0. The van der Waals surface area contributed by atoms with Gasteiger partial charge >= 0.3 is 5.97 Å². The van der Waals surface area contributed by atoms with E-state index in [0.717, 1.165) is 12.8 Å². The fourth-order valence-electron chi connectivity index (χ4n) is 2.02. The second-order valence-electron chi connectivity index (χ2n) is 4.37. The lowest BCUT2D eigenvalue weighted by Crippen LogP contribution is -2.27. The van der Waals surface area contributed by atoms with Gasteiger partial charge < -0.3 is 4.74 Å². The SMILES string of the molecule is N#CCOC(=O)c1ccc(S(=O)(=O)N2CCCC2)cc1. The molecule has 6 nitrogen and oxygen atoms in total. The molecule has 0 atom stereocenters. The Bertz CT molecular complexity index is 625. The molecule has 0 unspecified atom stereocenters. The summed E-state index contributed by atoms with van der Waals surface area (Å²) in [5, 5.41) is 8.32. The van der Waals surface area contributed by atoms with E-state index in [4.69, 9.17) is 5.26 Å². The highest BCUT2D eigenvalue weighted by Crippen LogP contribution is 2.21. The second-order valence-corrected chi connectivity index (χ2v) is 6.31. The summed E-state index contributed by atoms with van der Waals surface area (Å²) in [6.45, 7) is 0.745. The predicted molar refractivity (Wildman–Crippen MR) is 70.3 cm³/mol. The Morgan fingerprint density at radius 2 is 1.85 bits per heavy atom. The summed E-state index contributed by atoms with van der Waals surface area (Å²) in [5.74, 6) is -0.642. The van der Waals surface area contributed by atoms with Crippen LogP contribution in [-0.4, -0.2) is 38.4 Å². The minimum atomic E-state index is -3.47. The zero-order valence-electron chi connectivity index (χ0n) is 10.8. The van der Waals surface area contributed by atoms with Crippen molar-refractivity contribution >= 4 is 16.0 Å². The Balaban J connectivity index is 2.16. The smallest absolute Gasteiger partial charge is 0.339 e. The van der Waals surface area contributed by atoms with E-state index in [1.807, 2.05) is 0 Å². The number of nitriles is 1. The van der Waals surface area contributed by atoms with Gasteiger partial charge in [0.1, 0.15) is 6.07 Å². The Morgan fingerprint density at radius 1 is 1.25 bits per heavy atom. The van der Waals surface area contributed by atoms with Gasteiger partial charge in [0.05, 0.1) is 10.5 Å². The van der Waals surface area contributed by atoms with Crippen molar-refractivity contribution in [1.29, 1.82) is 5.26 Å². The Hall–Kier alpha value is -1.91. The Labute approximate surface area is 117 Å². The van der Waals surface area contributed by atoms with Gasteiger partial charge in [-0.2, -0.15) is 9.57 Å². The first kappa shape index (κ1) is 14.5. The van der Waals surface area contributed by atoms with Crippen LogP contribution in [-0.2, 0) is 14.8 Å². The van der Waals surface area contributed by atoms with Crippen LogP contribution in [0.5, 0.6) is 0 Å². The summed E-state index contributed by atoms with van der Waals surface area (Å²) in [4.78, 5) is 11.7. The van der Waals surface area contributed by atoms with Crippen molar-refractivity contribution in [1.82, 2.24) is 4.31 Å². The number of nitrogens with zero attached hydrogens (tertiary/aromatic N) is 2. The third-order valence-electron chi connectivity index (χ3n) is 3.06. The van der Waals surface area contributed by atoms with Crippen LogP contribution >= 0.6 is 0 Å². The summed E-state index contributed by atoms with van der Waals surface area (Å²) in [5.41, 5.74) is 0.223. The van der Waals surface area contributed by atoms with E-state index >= 15 is 0 Å². The molecule has 1 aromatic carbocycles. The van der Waals surface area contributed by atoms with Crippen molar-refractivity contribution in [2.24, 2.45) is 0 Å². The van der Waals surface area contributed by atoms with E-state index in [1.54, 1.807) is 6.07 Å². The van der Waals surface area contributed by atoms with Gasteiger partial charge in [0.15, 0.2) is 6.61 Å². The highest BCUT2D eigenvalue weighted by atomic mass is 32.2. The van der Waals surface area contributed by atoms with Crippen LogP contribution in [0.25, 0.3) is 0 Å². The lowest BCUT2D eigenvalue weighted by molar-refractivity contribution is 0.0555. The number of sulfonamides is 1. The first-order valence-electron chi connectivity index (χ1n) is 6.20. The molecule has 0 bridgehead atoms. The van der Waals surface area contributed by atoms with E-state index < -0.39 is 16.0 Å². The van der Waals surface area contributed by atoms with Crippen LogP contribution in [0, 0.1) is 11.3 Å². The molecule has 1 fully saturated rings. The van der Waals surface area contributed by atoms with Crippen LogP contribution in [0.4, 0.5) is 0 Å². The van der Waals surface area contributed by atoms with Crippen LogP contribution in [0.1, 0.15) is 23.2 Å². The molecule has 1 heterocycles. The normalized spacial score (nSPS) is 15.8. The molecule has 0 aromatic heterocycles. The number of hydrogen-bond donors (Lipinski definition) is 0. The summed E-state index contributed by atoms with van der Waals surface area (Å²) < 4.78 is 30.6. The number of carbonyl (C=O) groups is 1. The number of carbonyl (C=O) groups excluding carboxylic acids is 1. The summed E-state index contributed by atoms with van der Waals surface area (Å²) in [6, 6.07) is 7.25. The van der Waals surface area contributed by atoms with Gasteiger partial charge in [-0.25, -0.2) is 13.2 Å². The fourth-order valence-corrected chi connectivity index (χ4v) is 3.54. The molecule has 0 aliphatic carbocycles. The van der Waals surface area contributed by atoms with Gasteiger partial charge in [0.25, 0.3) is 0 Å². The van der Waals surface area contributed by atoms with E-state index in [-0.39, 0.29) is 17.1 Å². The van der Waals surface area contributed by atoms with E-state index in [1.165, 1.54) is 28.6 Å². The maximum absolute atomic E-state index is 12.3. The number of hydrogen-bond acceptors (Lipinski definition) is 5. The molecule has 0 amide bonds. The van der Waals surface area contributed by atoms with Gasteiger partial charge in [-0.1, -0.05) is 0 Å². The highest BCUT2D eigenvalue weighted by molar-refractivity contribution is 7.89. The standard InChI is InChI=1S/C13H14N2O4S/c14-7-10-19-13(16)11-3-5-12(6-4-11)20(17,18)15-8-1-2-9-15/h3-6H,1-2,8-10H2. The van der Waals surface area contributed by atoms with Crippen LogP contribution in [0.2, 0.25) is 0 Å². The van der Waals surface area contributed by atoms with Crippen molar-refractivity contribution in [3.8, 4) is 6.07 Å². The van der Waals surface area contributed by atoms with Crippen molar-refractivity contribution in [2.75, 3.05) is 19.7 Å². The van der Waals surface area contributed by atoms with Crippen LogP contribution in [0.3, 0.4) is 0 Å². The monoisotopic (exact) mass is 294 g/mol. The molecule has 7 heteroatoms. The van der Waals surface area contributed by atoms with Crippen molar-refractivity contribution < 1.29 is 17.9 Å². The van der Waals surface area contributed by atoms with Crippen molar-refractivity contribution in [3.63, 3.8) is 0 Å². The molecule has 20 heavy (non-hydrogen) atoms. The van der Waals surface area contributed by atoms with Gasteiger partial charge in [0, 0.05) is 13.1 Å². The first-order chi connectivity index (χ1) is 9.55. The number of rotatable bonds is 4. The summed E-state index contributed by atoms with van der Waals surface area (Å²) in [7, 11) is -3.47. The number of ether oxygens (including phenoxy) is 1. The third-order valence-corrected chi connectivity index (χ3v) is 4.97. The van der Waals surface area contributed by atoms with E-state index in [9.17, 15) is 13.2 Å². The lowest BCUT2D eigenvalue weighted by Gasteiger charge is -2.15. The molecule has 1 aliphatic heterocycles. The molecule has 1 aliphatic rings. The molecular weight excluding hydrogens is 280 g/mol. The zero-order chi connectivity index (χ0) is 14.6. The molecule has 0 radical (unpaired) electrons. The van der Waals surface area contributed by atoms with Crippen molar-refractivity contribution in [3.05, 3.63) is 29.8 Å². The van der Waals surface area contributed by atoms with Gasteiger partial charge in [0.2, 0.25) is 10.0 Å². The number of benzene rings is 1. The quantitative estimate of drug-likeness (QED) is 0.777. The molecule has 106 valence electrons. The molecule has 0 N–H and O–H groups in total. The third kappa shape index (κ3) is 2.98. The second kappa shape index (κ2) is 6.03. The fraction of sp³-hybridized carbons (Fsp3) is 0.385. The Morgan fingerprint density at radius 3 is 2.40 bits per heavy atom. The zero-order valence-corrected chi connectivity index (χ0v) is 11.6. The topological polar surface area (TPSA) is 87.5 Å². The molecule has 0 saturated carbocycles. The van der Waals surface area contributed by atoms with E-state index in [0.29, 0.717) is 13.1 Å². The van der Waals surface area contributed by atoms with E-state index in [2.05, 4.69) is 4.74 Å². The van der Waals surface area contributed by atoms with Crippen molar-refractivity contribution in [2.45, 2.75) is 17.7 Å². The van der Waals surface area contributed by atoms with Crippen LogP contribution < -0.4 is 0 Å². The molecule has 0 spiro atoms. The average molecular weight is 294 g/mol. The Kier molecular flexibility index (Phi) is 4.37. The van der Waals surface area contributed by atoms with Crippen LogP contribution in [0.15, 0.2) is 29.2 Å². The maximum atomic E-state index is 12.3. The van der Waals surface area contributed by atoms with Gasteiger partial charge in [-0.3, -0.25) is 0 Å². The predicted octanol–water partition coefficient (Wildman–Crippen LogP) is 1.15. The highest BCUT2D eigenvalue weighted by Gasteiger charge is 2.27. The van der Waals surface area contributed by atoms with Gasteiger partial charge in [-0.05, 0) is 37.1 Å². The summed E-state index contributed by atoms with van der Waals surface area (Å²) in [6.07, 6.45) is 1.75. The minimum absolute atomic E-state index is 0.163. The lowest BCUT2D eigenvalue weighted by atomic mass is 10.2. The average Bonchev–Trinajstić information content (AvgIpc) is 3.00. The molecular formula is C13H14N2O4S. The molecule has 2 rings (SSSR count). The number of esters is 1.